The van der Waals surface area contributed by atoms with Gasteiger partial charge in [0.05, 0.1) is 19.4 Å². The Morgan fingerprint density at radius 3 is 2.81 bits per heavy atom. The van der Waals surface area contributed by atoms with Gasteiger partial charge in [0, 0.05) is 20.0 Å². The summed E-state index contributed by atoms with van der Waals surface area (Å²) in [5.41, 5.74) is 0.901. The molecule has 9 heteroatoms. The second-order valence-electron chi connectivity index (χ2n) is 4.52. The highest BCUT2D eigenvalue weighted by atomic mass is 35.5. The molecule has 3 rings (SSSR count). The highest BCUT2D eigenvalue weighted by Gasteiger charge is 2.19. The van der Waals surface area contributed by atoms with Gasteiger partial charge < -0.3 is 9.64 Å². The van der Waals surface area contributed by atoms with Crippen molar-refractivity contribution in [3.63, 3.8) is 0 Å². The zero-order valence-corrected chi connectivity index (χ0v) is 12.1. The van der Waals surface area contributed by atoms with Crippen molar-refractivity contribution < 1.29 is 9.53 Å². The smallest absolute Gasteiger partial charge is 0.233 e. The van der Waals surface area contributed by atoms with Crippen molar-refractivity contribution in [3.8, 4) is 0 Å². The Hall–Kier alpha value is -2.06. The van der Waals surface area contributed by atoms with Crippen molar-refractivity contribution in [1.29, 1.82) is 0 Å². The minimum absolute atomic E-state index is 0.202. The summed E-state index contributed by atoms with van der Waals surface area (Å²) in [6.07, 6.45) is 1.41. The van der Waals surface area contributed by atoms with Crippen LogP contribution in [-0.2, 0) is 9.53 Å². The number of hydrogen-bond donors (Lipinski definition) is 1. The molecule has 0 aromatic carbocycles. The summed E-state index contributed by atoms with van der Waals surface area (Å²) >= 11 is 5.91. The van der Waals surface area contributed by atoms with Crippen molar-refractivity contribution in [1.82, 2.24) is 19.9 Å². The molecule has 0 saturated carbocycles. The Morgan fingerprint density at radius 2 is 2.10 bits per heavy atom. The highest BCUT2D eigenvalue weighted by molar-refractivity contribution is 6.29. The van der Waals surface area contributed by atoms with E-state index in [0.717, 1.165) is 0 Å². The van der Waals surface area contributed by atoms with E-state index < -0.39 is 0 Å². The molecule has 0 spiro atoms. The summed E-state index contributed by atoms with van der Waals surface area (Å²) in [6, 6.07) is 0. The molecule has 1 N–H and O–H groups in total. The Morgan fingerprint density at radius 1 is 1.33 bits per heavy atom. The van der Waals surface area contributed by atoms with Crippen LogP contribution in [0.1, 0.15) is 6.92 Å². The van der Waals surface area contributed by atoms with Crippen LogP contribution in [-0.4, -0.2) is 52.1 Å². The van der Waals surface area contributed by atoms with Crippen molar-refractivity contribution in [2.45, 2.75) is 6.92 Å². The number of carbonyl (C=O) groups is 1. The number of morpholine rings is 1. The van der Waals surface area contributed by atoms with E-state index >= 15 is 0 Å². The number of rotatable bonds is 2. The number of amides is 1. The van der Waals surface area contributed by atoms with Crippen LogP contribution < -0.4 is 10.2 Å². The van der Waals surface area contributed by atoms with E-state index in [9.17, 15) is 4.79 Å². The average molecular weight is 309 g/mol. The molecule has 110 valence electrons. The molecule has 2 aromatic rings. The number of fused-ring (bicyclic) bond motifs is 1. The van der Waals surface area contributed by atoms with Crippen LogP contribution in [0, 0.1) is 0 Å². The van der Waals surface area contributed by atoms with Crippen molar-refractivity contribution in [2.75, 3.05) is 36.5 Å². The van der Waals surface area contributed by atoms with E-state index in [1.165, 1.54) is 13.1 Å². The standard InChI is InChI=1S/C12H13ClN6O2/c1-7(20)15-12-17-10-9(16-8(13)6-14-10)11(18-12)19-2-4-21-5-3-19/h6H,2-5H2,1H3,(H,14,15,17,18,20). The van der Waals surface area contributed by atoms with Crippen LogP contribution in [0.3, 0.4) is 0 Å². The van der Waals surface area contributed by atoms with Crippen LogP contribution in [0.5, 0.6) is 0 Å². The minimum atomic E-state index is -0.246. The zero-order valence-electron chi connectivity index (χ0n) is 11.3. The fourth-order valence-corrected chi connectivity index (χ4v) is 2.21. The fourth-order valence-electron chi connectivity index (χ4n) is 2.08. The highest BCUT2D eigenvalue weighted by Crippen LogP contribution is 2.24. The topological polar surface area (TPSA) is 93.1 Å². The Balaban J connectivity index is 2.12. The number of nitrogens with zero attached hydrogens (tertiary/aromatic N) is 5. The van der Waals surface area contributed by atoms with Crippen LogP contribution in [0.15, 0.2) is 6.20 Å². The third kappa shape index (κ3) is 3.01. The monoisotopic (exact) mass is 308 g/mol. The van der Waals surface area contributed by atoms with E-state index in [4.69, 9.17) is 16.3 Å². The largest absolute Gasteiger partial charge is 0.378 e. The quantitative estimate of drug-likeness (QED) is 0.879. The number of halogens is 1. The number of anilines is 2. The minimum Gasteiger partial charge on any atom is -0.378 e. The molecule has 3 heterocycles. The first kappa shape index (κ1) is 13.9. The molecule has 0 bridgehead atoms. The van der Waals surface area contributed by atoms with E-state index in [1.807, 2.05) is 4.90 Å². The summed E-state index contributed by atoms with van der Waals surface area (Å²) in [4.78, 5) is 30.2. The summed E-state index contributed by atoms with van der Waals surface area (Å²) in [7, 11) is 0. The first-order valence-electron chi connectivity index (χ1n) is 6.44. The summed E-state index contributed by atoms with van der Waals surface area (Å²) < 4.78 is 5.33. The molecular formula is C12H13ClN6O2. The van der Waals surface area contributed by atoms with Crippen LogP contribution in [0.25, 0.3) is 11.2 Å². The fraction of sp³-hybridized carbons (Fsp3) is 0.417. The Bertz CT molecular complexity index is 689. The predicted octanol–water partition coefficient (Wildman–Crippen LogP) is 0.868. The van der Waals surface area contributed by atoms with Gasteiger partial charge in [-0.05, 0) is 0 Å². The summed E-state index contributed by atoms with van der Waals surface area (Å²) in [5, 5.41) is 2.84. The lowest BCUT2D eigenvalue weighted by atomic mass is 10.3. The van der Waals surface area contributed by atoms with E-state index in [2.05, 4.69) is 25.3 Å². The van der Waals surface area contributed by atoms with Gasteiger partial charge in [0.15, 0.2) is 17.0 Å². The van der Waals surface area contributed by atoms with Gasteiger partial charge in [-0.3, -0.25) is 10.1 Å². The Labute approximate surface area is 125 Å². The maximum Gasteiger partial charge on any atom is 0.233 e. The third-order valence-corrected chi connectivity index (χ3v) is 3.14. The van der Waals surface area contributed by atoms with E-state index in [0.29, 0.717) is 43.3 Å². The Kier molecular flexibility index (Phi) is 3.80. The second kappa shape index (κ2) is 5.74. The lowest BCUT2D eigenvalue weighted by molar-refractivity contribution is -0.114. The molecule has 1 amide bonds. The number of hydrogen-bond acceptors (Lipinski definition) is 7. The third-order valence-electron chi connectivity index (χ3n) is 2.96. The van der Waals surface area contributed by atoms with Crippen molar-refractivity contribution in [2.24, 2.45) is 0 Å². The van der Waals surface area contributed by atoms with Crippen molar-refractivity contribution >= 4 is 40.4 Å². The molecule has 0 aliphatic carbocycles. The van der Waals surface area contributed by atoms with Crippen LogP contribution >= 0.6 is 11.6 Å². The van der Waals surface area contributed by atoms with Gasteiger partial charge in [-0.1, -0.05) is 11.6 Å². The normalized spacial score (nSPS) is 15.2. The number of aromatic nitrogens is 4. The molecule has 1 aliphatic heterocycles. The molecule has 21 heavy (non-hydrogen) atoms. The van der Waals surface area contributed by atoms with Gasteiger partial charge >= 0.3 is 0 Å². The first-order chi connectivity index (χ1) is 10.1. The first-order valence-corrected chi connectivity index (χ1v) is 6.82. The van der Waals surface area contributed by atoms with Crippen LogP contribution in [0.4, 0.5) is 11.8 Å². The zero-order chi connectivity index (χ0) is 14.8. The van der Waals surface area contributed by atoms with Gasteiger partial charge in [-0.15, -0.1) is 0 Å². The van der Waals surface area contributed by atoms with Gasteiger partial charge in [0.2, 0.25) is 11.9 Å². The summed E-state index contributed by atoms with van der Waals surface area (Å²) in [6.45, 7) is 3.97. The average Bonchev–Trinajstić information content (AvgIpc) is 2.47. The number of nitrogens with one attached hydrogen (secondary N) is 1. The van der Waals surface area contributed by atoms with E-state index in [1.54, 1.807) is 0 Å². The van der Waals surface area contributed by atoms with Crippen LogP contribution in [0.2, 0.25) is 5.15 Å². The molecule has 8 nitrogen and oxygen atoms in total. The lowest BCUT2D eigenvalue weighted by Crippen LogP contribution is -2.37. The molecule has 0 atom stereocenters. The maximum atomic E-state index is 11.2. The predicted molar refractivity (Wildman–Crippen MR) is 77.5 cm³/mol. The van der Waals surface area contributed by atoms with Gasteiger partial charge in [-0.2, -0.15) is 9.97 Å². The van der Waals surface area contributed by atoms with Gasteiger partial charge in [0.25, 0.3) is 0 Å². The lowest BCUT2D eigenvalue weighted by Gasteiger charge is -2.28. The molecular weight excluding hydrogens is 296 g/mol. The molecule has 1 fully saturated rings. The molecule has 0 unspecified atom stereocenters. The van der Waals surface area contributed by atoms with E-state index in [-0.39, 0.29) is 17.0 Å². The van der Waals surface area contributed by atoms with Gasteiger partial charge in [0.1, 0.15) is 5.15 Å². The molecule has 0 radical (unpaired) electrons. The summed E-state index contributed by atoms with van der Waals surface area (Å²) in [5.74, 6) is 0.555. The molecule has 1 saturated heterocycles. The van der Waals surface area contributed by atoms with Gasteiger partial charge in [-0.25, -0.2) is 9.97 Å². The SMILES string of the molecule is CC(=O)Nc1nc(N2CCOCC2)c2nc(Cl)cnc2n1. The number of carbonyl (C=O) groups excluding carboxylic acids is 1. The second-order valence-corrected chi connectivity index (χ2v) is 4.90. The molecule has 1 aliphatic rings. The maximum absolute atomic E-state index is 11.2. The van der Waals surface area contributed by atoms with Crippen molar-refractivity contribution in [3.05, 3.63) is 11.3 Å². The number of ether oxygens (including phenoxy) is 1. The molecule has 2 aromatic heterocycles.